The molecule has 3 rings (SSSR count). The zero-order valence-corrected chi connectivity index (χ0v) is 16.2. The van der Waals surface area contributed by atoms with E-state index in [1.165, 1.54) is 9.13 Å². The summed E-state index contributed by atoms with van der Waals surface area (Å²) in [5.74, 6) is 0. The van der Waals surface area contributed by atoms with E-state index in [1.54, 1.807) is 0 Å². The average Bonchev–Trinajstić information content (AvgIpc) is 3.01. The number of benzene rings is 1. The number of nitrogens with one attached hydrogen (secondary N) is 1. The molecule has 23 heavy (non-hydrogen) atoms. The fourth-order valence-corrected chi connectivity index (χ4v) is 3.49. The Morgan fingerprint density at radius 2 is 2.09 bits per heavy atom. The third kappa shape index (κ3) is 3.87. The lowest BCUT2D eigenvalue weighted by Crippen LogP contribution is -2.48. The average molecular weight is 426 g/mol. The molecule has 0 radical (unpaired) electrons. The van der Waals surface area contributed by atoms with Crippen molar-refractivity contribution in [1.82, 2.24) is 5.32 Å². The van der Waals surface area contributed by atoms with Crippen LogP contribution in [0.15, 0.2) is 23.2 Å². The molecular weight excluding hydrogens is 403 g/mol. The minimum absolute atomic E-state index is 0.0533. The van der Waals surface area contributed by atoms with Crippen LogP contribution in [0.25, 0.3) is 0 Å². The van der Waals surface area contributed by atoms with Gasteiger partial charge < -0.3 is 10.1 Å². The third-order valence-corrected chi connectivity index (χ3v) is 5.08. The smallest absolute Gasteiger partial charge is 0.408 e. The van der Waals surface area contributed by atoms with Gasteiger partial charge in [0.25, 0.3) is 0 Å². The first-order valence-electron chi connectivity index (χ1n) is 8.02. The minimum atomic E-state index is -0.490. The van der Waals surface area contributed by atoms with E-state index in [-0.39, 0.29) is 17.6 Å². The van der Waals surface area contributed by atoms with Gasteiger partial charge >= 0.3 is 6.09 Å². The molecule has 0 saturated heterocycles. The minimum Gasteiger partial charge on any atom is -0.444 e. The van der Waals surface area contributed by atoms with Crippen molar-refractivity contribution >= 4 is 40.1 Å². The van der Waals surface area contributed by atoms with Gasteiger partial charge in [0.15, 0.2) is 0 Å². The summed E-state index contributed by atoms with van der Waals surface area (Å²) in [6, 6.07) is 6.25. The van der Waals surface area contributed by atoms with E-state index in [2.05, 4.69) is 53.0 Å². The molecule has 0 bridgehead atoms. The third-order valence-electron chi connectivity index (χ3n) is 4.41. The monoisotopic (exact) mass is 426 g/mol. The Labute approximate surface area is 151 Å². The first-order chi connectivity index (χ1) is 10.7. The van der Waals surface area contributed by atoms with Crippen LogP contribution >= 0.6 is 22.6 Å². The summed E-state index contributed by atoms with van der Waals surface area (Å²) in [6.45, 7) is 7.85. The molecule has 1 saturated carbocycles. The van der Waals surface area contributed by atoms with Crippen LogP contribution in [0.3, 0.4) is 0 Å². The number of carbonyl (C=O) groups excluding carboxylic acids is 1. The normalized spacial score (nSPS) is 19.6. The van der Waals surface area contributed by atoms with Crippen LogP contribution in [0.5, 0.6) is 0 Å². The van der Waals surface area contributed by atoms with Crippen molar-refractivity contribution in [1.29, 1.82) is 0 Å². The number of amides is 1. The van der Waals surface area contributed by atoms with Crippen LogP contribution in [0.1, 0.15) is 46.1 Å². The quantitative estimate of drug-likeness (QED) is 0.718. The van der Waals surface area contributed by atoms with E-state index in [4.69, 9.17) is 9.73 Å². The highest BCUT2D eigenvalue weighted by molar-refractivity contribution is 14.1. The summed E-state index contributed by atoms with van der Waals surface area (Å²) in [7, 11) is 0. The molecule has 0 unspecified atom stereocenters. The van der Waals surface area contributed by atoms with Crippen LogP contribution < -0.4 is 5.32 Å². The Kier molecular flexibility index (Phi) is 4.19. The van der Waals surface area contributed by atoms with Crippen molar-refractivity contribution in [2.75, 3.05) is 0 Å². The molecule has 1 aromatic carbocycles. The predicted octanol–water partition coefficient (Wildman–Crippen LogP) is 4.61. The van der Waals surface area contributed by atoms with Crippen LogP contribution in [0.2, 0.25) is 0 Å². The molecule has 2 aliphatic rings. The predicted molar refractivity (Wildman–Crippen MR) is 100 cm³/mol. The molecule has 5 heteroatoms. The lowest BCUT2D eigenvalue weighted by Gasteiger charge is -2.27. The number of halogens is 1. The van der Waals surface area contributed by atoms with Gasteiger partial charge in [0.05, 0.1) is 11.7 Å². The van der Waals surface area contributed by atoms with Gasteiger partial charge in [-0.05, 0) is 85.4 Å². The Bertz CT molecular complexity index is 672. The highest BCUT2D eigenvalue weighted by Gasteiger charge is 2.48. The second-order valence-electron chi connectivity index (χ2n) is 7.79. The summed E-state index contributed by atoms with van der Waals surface area (Å²) < 4.78 is 6.66. The first kappa shape index (κ1) is 16.7. The van der Waals surface area contributed by atoms with Gasteiger partial charge in [-0.3, -0.25) is 4.99 Å². The Morgan fingerprint density at radius 3 is 2.70 bits per heavy atom. The van der Waals surface area contributed by atoms with Gasteiger partial charge in [-0.15, -0.1) is 0 Å². The Hall–Kier alpha value is -1.11. The van der Waals surface area contributed by atoms with Crippen molar-refractivity contribution in [2.45, 2.75) is 58.6 Å². The van der Waals surface area contributed by atoms with Gasteiger partial charge in [-0.1, -0.05) is 6.92 Å². The molecule has 1 heterocycles. The number of hydrogen-bond donors (Lipinski definition) is 1. The molecular formula is C18H23IN2O2. The van der Waals surface area contributed by atoms with Crippen LogP contribution in [-0.4, -0.2) is 23.4 Å². The number of rotatable bonds is 3. The number of alkyl carbamates (subject to hydrolysis) is 1. The topological polar surface area (TPSA) is 50.7 Å². The molecule has 0 spiro atoms. The fourth-order valence-electron chi connectivity index (χ4n) is 2.93. The molecule has 124 valence electrons. The van der Waals surface area contributed by atoms with Gasteiger partial charge in [-0.25, -0.2) is 4.79 Å². The highest BCUT2D eigenvalue weighted by atomic mass is 127. The second-order valence-corrected chi connectivity index (χ2v) is 9.03. The summed E-state index contributed by atoms with van der Waals surface area (Å²) in [6.07, 6.45) is 2.67. The van der Waals surface area contributed by atoms with Gasteiger partial charge in [-0.2, -0.15) is 0 Å². The number of nitrogens with zero attached hydrogens (tertiary/aromatic N) is 1. The van der Waals surface area contributed by atoms with E-state index >= 15 is 0 Å². The maximum atomic E-state index is 12.2. The highest BCUT2D eigenvalue weighted by Crippen LogP contribution is 2.49. The van der Waals surface area contributed by atoms with Crippen LogP contribution in [0, 0.1) is 8.99 Å². The number of ether oxygens (including phenoxy) is 1. The maximum Gasteiger partial charge on any atom is 0.408 e. The molecule has 1 amide bonds. The molecule has 1 fully saturated rings. The lowest BCUT2D eigenvalue weighted by molar-refractivity contribution is 0.0503. The van der Waals surface area contributed by atoms with E-state index < -0.39 is 5.60 Å². The Morgan fingerprint density at radius 1 is 1.39 bits per heavy atom. The summed E-state index contributed by atoms with van der Waals surface area (Å²) >= 11 is 2.32. The lowest BCUT2D eigenvalue weighted by atomic mass is 9.92. The number of carbonyl (C=O) groups is 1. The van der Waals surface area contributed by atoms with E-state index in [1.807, 2.05) is 20.8 Å². The van der Waals surface area contributed by atoms with Crippen molar-refractivity contribution < 1.29 is 9.53 Å². The Balaban J connectivity index is 1.78. The number of fused-ring (bicyclic) bond motifs is 1. The zero-order chi connectivity index (χ0) is 16.8. The molecule has 1 aromatic rings. The van der Waals surface area contributed by atoms with Gasteiger partial charge in [0.1, 0.15) is 5.60 Å². The van der Waals surface area contributed by atoms with Crippen molar-refractivity contribution in [3.8, 4) is 0 Å². The fraction of sp³-hybridized carbons (Fsp3) is 0.556. The van der Waals surface area contributed by atoms with Crippen LogP contribution in [-0.2, 0) is 11.2 Å². The molecule has 0 aromatic heterocycles. The van der Waals surface area contributed by atoms with E-state index in [0.717, 1.165) is 30.7 Å². The zero-order valence-electron chi connectivity index (χ0n) is 14.1. The molecule has 1 N–H and O–H groups in total. The molecule has 1 aliphatic carbocycles. The van der Waals surface area contributed by atoms with E-state index in [0.29, 0.717) is 0 Å². The maximum absolute atomic E-state index is 12.2. The molecule has 1 aliphatic heterocycles. The molecule has 1 atom stereocenters. The standard InChI is InChI=1S/C18H23IN2O2/c1-17(2,3)23-16(22)21-15(18(4)7-8-18)14-10-11-9-12(19)5-6-13(11)20-14/h5-6,9,15H,7-8,10H2,1-4H3,(H,21,22)/t15-/m1/s1. The molecule has 4 nitrogen and oxygen atoms in total. The first-order valence-corrected chi connectivity index (χ1v) is 9.10. The van der Waals surface area contributed by atoms with Crippen LogP contribution in [0.4, 0.5) is 10.5 Å². The number of aliphatic imine (C=N–C) groups is 1. The van der Waals surface area contributed by atoms with Crippen molar-refractivity contribution in [2.24, 2.45) is 10.4 Å². The largest absolute Gasteiger partial charge is 0.444 e. The van der Waals surface area contributed by atoms with Crippen molar-refractivity contribution in [3.05, 3.63) is 27.3 Å². The van der Waals surface area contributed by atoms with Gasteiger partial charge in [0, 0.05) is 15.7 Å². The summed E-state index contributed by atoms with van der Waals surface area (Å²) in [4.78, 5) is 17.0. The SMILES string of the molecule is CC(C)(C)OC(=O)N[C@H](C1=Nc2ccc(I)cc2C1)C1(C)CC1. The van der Waals surface area contributed by atoms with Crippen molar-refractivity contribution in [3.63, 3.8) is 0 Å². The second kappa shape index (κ2) is 5.76. The summed E-state index contributed by atoms with van der Waals surface area (Å²) in [5.41, 5.74) is 2.93. The summed E-state index contributed by atoms with van der Waals surface area (Å²) in [5, 5.41) is 3.07. The number of hydrogen-bond acceptors (Lipinski definition) is 3. The van der Waals surface area contributed by atoms with E-state index in [9.17, 15) is 4.79 Å². The van der Waals surface area contributed by atoms with Gasteiger partial charge in [0.2, 0.25) is 0 Å².